The van der Waals surface area contributed by atoms with Gasteiger partial charge in [-0.3, -0.25) is 4.79 Å². The van der Waals surface area contributed by atoms with Crippen molar-refractivity contribution >= 4 is 11.9 Å². The number of morpholine rings is 1. The van der Waals surface area contributed by atoms with Crippen LogP contribution in [-0.2, 0) is 4.74 Å². The zero-order valence-corrected chi connectivity index (χ0v) is 19.6. The summed E-state index contributed by atoms with van der Waals surface area (Å²) < 4.78 is 11.8. The van der Waals surface area contributed by atoms with E-state index in [-0.39, 0.29) is 30.3 Å². The van der Waals surface area contributed by atoms with Crippen LogP contribution in [0.2, 0.25) is 0 Å². The highest BCUT2D eigenvalue weighted by atomic mass is 16.5. The summed E-state index contributed by atoms with van der Waals surface area (Å²) >= 11 is 0. The minimum Gasteiger partial charge on any atom is -0.474 e. The fourth-order valence-electron chi connectivity index (χ4n) is 6.77. The molecule has 2 N–H and O–H groups in total. The Morgan fingerprint density at radius 3 is 2.47 bits per heavy atom. The highest BCUT2D eigenvalue weighted by molar-refractivity contribution is 5.96. The van der Waals surface area contributed by atoms with Crippen LogP contribution in [0.25, 0.3) is 0 Å². The molecule has 4 atom stereocenters. The molecule has 1 aromatic heterocycles. The first kappa shape index (κ1) is 21.9. The fourth-order valence-corrected chi connectivity index (χ4v) is 6.77. The van der Waals surface area contributed by atoms with Crippen molar-refractivity contribution in [2.75, 3.05) is 18.0 Å². The molecule has 8 heteroatoms. The van der Waals surface area contributed by atoms with E-state index in [4.69, 9.17) is 9.47 Å². The number of aliphatic hydroxyl groups is 1. The number of hydrogen-bond donors (Lipinski definition) is 2. The minimum absolute atomic E-state index is 0.0894. The van der Waals surface area contributed by atoms with Gasteiger partial charge in [-0.05, 0) is 77.6 Å². The van der Waals surface area contributed by atoms with Gasteiger partial charge < -0.3 is 24.8 Å². The number of nitrogens with zero attached hydrogens (tertiary/aromatic N) is 3. The molecule has 2 unspecified atom stereocenters. The van der Waals surface area contributed by atoms with Crippen molar-refractivity contribution in [3.05, 3.63) is 11.8 Å². The van der Waals surface area contributed by atoms with Crippen LogP contribution in [0.15, 0.2) is 6.20 Å². The van der Waals surface area contributed by atoms with Gasteiger partial charge in [-0.2, -0.15) is 4.98 Å². The van der Waals surface area contributed by atoms with Crippen LogP contribution in [-0.4, -0.2) is 64.0 Å². The van der Waals surface area contributed by atoms with Crippen LogP contribution in [0.1, 0.15) is 70.2 Å². The Balaban J connectivity index is 1.36. The molecule has 32 heavy (non-hydrogen) atoms. The van der Waals surface area contributed by atoms with Crippen molar-refractivity contribution in [2.24, 2.45) is 17.8 Å². The van der Waals surface area contributed by atoms with Crippen LogP contribution < -0.4 is 15.0 Å². The molecule has 1 amide bonds. The lowest BCUT2D eigenvalue weighted by Gasteiger charge is -2.58. The maximum absolute atomic E-state index is 13.3. The van der Waals surface area contributed by atoms with Crippen molar-refractivity contribution in [3.63, 3.8) is 0 Å². The normalized spacial score (nSPS) is 38.2. The quantitative estimate of drug-likeness (QED) is 0.720. The topological polar surface area (TPSA) is 96.8 Å². The van der Waals surface area contributed by atoms with Crippen LogP contribution >= 0.6 is 0 Å². The zero-order chi connectivity index (χ0) is 22.6. The van der Waals surface area contributed by atoms with E-state index in [1.54, 1.807) is 6.20 Å². The summed E-state index contributed by atoms with van der Waals surface area (Å²) in [5.41, 5.74) is -0.134. The summed E-state index contributed by atoms with van der Waals surface area (Å²) in [5.74, 6) is 2.02. The summed E-state index contributed by atoms with van der Waals surface area (Å²) in [6.45, 7) is 9.34. The van der Waals surface area contributed by atoms with E-state index in [1.165, 1.54) is 0 Å². The van der Waals surface area contributed by atoms with Crippen LogP contribution in [0.5, 0.6) is 5.88 Å². The zero-order valence-electron chi connectivity index (χ0n) is 19.6. The number of amides is 1. The standard InChI is InChI=1S/C24H36N4O4/c1-13(2)31-22-19(10-25-23(27-22)28-11-14(3)32-15(4)12-28)21(29)26-20-17-5-16-6-18(20)9-24(30,7-16)8-17/h10,13-18,20,30H,5-9,11-12H2,1-4H3,(H,26,29)/t14-,15+,16?,17?,18?,20?,24?. The summed E-state index contributed by atoms with van der Waals surface area (Å²) in [5, 5.41) is 14.1. The molecule has 1 saturated heterocycles. The van der Waals surface area contributed by atoms with E-state index in [1.807, 2.05) is 27.7 Å². The third-order valence-corrected chi connectivity index (χ3v) is 7.57. The van der Waals surface area contributed by atoms with Gasteiger partial charge in [0.2, 0.25) is 11.8 Å². The lowest BCUT2D eigenvalue weighted by atomic mass is 9.52. The van der Waals surface area contributed by atoms with Gasteiger partial charge in [0.05, 0.1) is 23.9 Å². The Morgan fingerprint density at radius 1 is 1.22 bits per heavy atom. The molecule has 0 aromatic carbocycles. The van der Waals surface area contributed by atoms with E-state index in [0.717, 1.165) is 32.1 Å². The Morgan fingerprint density at radius 2 is 1.88 bits per heavy atom. The monoisotopic (exact) mass is 444 g/mol. The number of anilines is 1. The Labute approximate surface area is 190 Å². The Bertz CT molecular complexity index is 852. The number of carbonyl (C=O) groups is 1. The maximum Gasteiger partial charge on any atom is 0.258 e. The lowest BCUT2D eigenvalue weighted by molar-refractivity contribution is -0.136. The second kappa shape index (κ2) is 8.13. The molecule has 4 bridgehead atoms. The molecular weight excluding hydrogens is 408 g/mol. The molecule has 1 aliphatic heterocycles. The molecule has 0 radical (unpaired) electrons. The first-order chi connectivity index (χ1) is 15.2. The summed E-state index contributed by atoms with van der Waals surface area (Å²) in [4.78, 5) is 24.6. The van der Waals surface area contributed by atoms with Gasteiger partial charge in [-0.25, -0.2) is 4.98 Å². The smallest absolute Gasteiger partial charge is 0.258 e. The van der Waals surface area contributed by atoms with E-state index in [2.05, 4.69) is 20.2 Å². The van der Waals surface area contributed by atoms with Crippen LogP contribution in [0.4, 0.5) is 5.95 Å². The maximum atomic E-state index is 13.3. The molecule has 2 heterocycles. The average Bonchev–Trinajstić information content (AvgIpc) is 2.68. The number of aromatic nitrogens is 2. The SMILES string of the molecule is CC(C)Oc1nc(N2C[C@@H](C)O[C@@H](C)C2)ncc1C(=O)NC1C2CC3CC1CC(O)(C3)C2. The molecule has 176 valence electrons. The highest BCUT2D eigenvalue weighted by Gasteiger charge is 2.55. The molecule has 8 nitrogen and oxygen atoms in total. The van der Waals surface area contributed by atoms with Gasteiger partial charge in [0.25, 0.3) is 5.91 Å². The van der Waals surface area contributed by atoms with Crippen LogP contribution in [0, 0.1) is 17.8 Å². The molecule has 5 aliphatic rings. The van der Waals surface area contributed by atoms with Gasteiger partial charge in [0.1, 0.15) is 5.56 Å². The number of nitrogens with one attached hydrogen (secondary N) is 1. The van der Waals surface area contributed by atoms with Gasteiger partial charge in [0.15, 0.2) is 0 Å². The second-order valence-corrected chi connectivity index (χ2v) is 10.9. The molecule has 0 spiro atoms. The number of ether oxygens (including phenoxy) is 2. The van der Waals surface area contributed by atoms with Crippen LogP contribution in [0.3, 0.4) is 0 Å². The lowest BCUT2D eigenvalue weighted by Crippen LogP contribution is -2.61. The highest BCUT2D eigenvalue weighted by Crippen LogP contribution is 2.55. The van der Waals surface area contributed by atoms with E-state index in [0.29, 0.717) is 48.2 Å². The van der Waals surface area contributed by atoms with Gasteiger partial charge >= 0.3 is 0 Å². The summed E-state index contributed by atoms with van der Waals surface area (Å²) in [7, 11) is 0. The number of carbonyl (C=O) groups excluding carboxylic acids is 1. The second-order valence-electron chi connectivity index (χ2n) is 10.9. The van der Waals surface area contributed by atoms with Crippen molar-refractivity contribution in [3.8, 4) is 5.88 Å². The third kappa shape index (κ3) is 4.19. The predicted molar refractivity (Wildman–Crippen MR) is 120 cm³/mol. The summed E-state index contributed by atoms with van der Waals surface area (Å²) in [6, 6.07) is 0.104. The van der Waals surface area contributed by atoms with Crippen molar-refractivity contribution in [2.45, 2.75) is 89.8 Å². The summed E-state index contributed by atoms with van der Waals surface area (Å²) in [6.07, 6.45) is 6.39. The van der Waals surface area contributed by atoms with Crippen molar-refractivity contribution in [1.82, 2.24) is 15.3 Å². The molecule has 6 rings (SSSR count). The predicted octanol–water partition coefficient (Wildman–Crippen LogP) is 2.55. The first-order valence-corrected chi connectivity index (χ1v) is 12.2. The van der Waals surface area contributed by atoms with Crippen molar-refractivity contribution in [1.29, 1.82) is 0 Å². The fraction of sp³-hybridized carbons (Fsp3) is 0.792. The van der Waals surface area contributed by atoms with E-state index < -0.39 is 5.60 Å². The molecule has 4 aliphatic carbocycles. The third-order valence-electron chi connectivity index (χ3n) is 7.57. The first-order valence-electron chi connectivity index (χ1n) is 12.2. The molecular formula is C24H36N4O4. The minimum atomic E-state index is -0.513. The molecule has 5 fully saturated rings. The van der Waals surface area contributed by atoms with Crippen molar-refractivity contribution < 1.29 is 19.4 Å². The molecule has 1 aromatic rings. The Hall–Kier alpha value is -1.93. The van der Waals surface area contributed by atoms with E-state index >= 15 is 0 Å². The van der Waals surface area contributed by atoms with Gasteiger partial charge in [0, 0.05) is 25.3 Å². The Kier molecular flexibility index (Phi) is 5.56. The number of rotatable bonds is 5. The van der Waals surface area contributed by atoms with E-state index in [9.17, 15) is 9.90 Å². The number of hydrogen-bond acceptors (Lipinski definition) is 7. The average molecular weight is 445 g/mol. The van der Waals surface area contributed by atoms with Gasteiger partial charge in [-0.1, -0.05) is 0 Å². The van der Waals surface area contributed by atoms with Gasteiger partial charge in [-0.15, -0.1) is 0 Å². The molecule has 4 saturated carbocycles. The largest absolute Gasteiger partial charge is 0.474 e.